The standard InChI is InChI=1S/C23H18BrClN4O6/c1-34-20-11-14(12-26-28-23(31)15-2-8-18(9-3-15)29(32)33)10-19(24)22(20)35-13-21(30)27-17-6-4-16(25)5-7-17/h2-12H,13H2,1H3,(H,27,30)(H,28,31)/b26-12+. The van der Waals surface area contributed by atoms with Crippen molar-refractivity contribution in [3.05, 3.63) is 91.4 Å². The van der Waals surface area contributed by atoms with Crippen LogP contribution in [0.15, 0.2) is 70.2 Å². The maximum absolute atomic E-state index is 12.2. The van der Waals surface area contributed by atoms with Gasteiger partial charge in [-0.15, -0.1) is 0 Å². The number of nitrogens with zero attached hydrogens (tertiary/aromatic N) is 2. The Morgan fingerprint density at radius 1 is 1.14 bits per heavy atom. The number of carbonyl (C=O) groups is 2. The lowest BCUT2D eigenvalue weighted by Gasteiger charge is -2.13. The molecule has 0 saturated carbocycles. The fraction of sp³-hybridized carbons (Fsp3) is 0.0870. The quantitative estimate of drug-likeness (QED) is 0.219. The topological polar surface area (TPSA) is 132 Å². The van der Waals surface area contributed by atoms with E-state index < -0.39 is 10.8 Å². The van der Waals surface area contributed by atoms with E-state index >= 15 is 0 Å². The maximum Gasteiger partial charge on any atom is 0.271 e. The van der Waals surface area contributed by atoms with Crippen LogP contribution in [-0.4, -0.2) is 36.7 Å². The molecule has 0 bridgehead atoms. The summed E-state index contributed by atoms with van der Waals surface area (Å²) in [6, 6.07) is 15.1. The Balaban J connectivity index is 1.61. The summed E-state index contributed by atoms with van der Waals surface area (Å²) >= 11 is 9.22. The molecule has 180 valence electrons. The molecule has 0 fully saturated rings. The molecule has 0 atom stereocenters. The Morgan fingerprint density at radius 3 is 2.46 bits per heavy atom. The van der Waals surface area contributed by atoms with E-state index in [4.69, 9.17) is 21.1 Å². The van der Waals surface area contributed by atoms with Gasteiger partial charge in [0.2, 0.25) is 0 Å². The summed E-state index contributed by atoms with van der Waals surface area (Å²) in [4.78, 5) is 34.5. The molecule has 0 heterocycles. The van der Waals surface area contributed by atoms with Crippen molar-refractivity contribution in [2.45, 2.75) is 0 Å². The lowest BCUT2D eigenvalue weighted by Crippen LogP contribution is -2.20. The van der Waals surface area contributed by atoms with Crippen molar-refractivity contribution < 1.29 is 24.0 Å². The summed E-state index contributed by atoms with van der Waals surface area (Å²) < 4.78 is 11.5. The molecule has 0 aromatic heterocycles. The van der Waals surface area contributed by atoms with Crippen LogP contribution in [0.2, 0.25) is 5.02 Å². The first-order valence-corrected chi connectivity index (χ1v) is 11.1. The fourth-order valence-corrected chi connectivity index (χ4v) is 3.49. The molecule has 2 N–H and O–H groups in total. The van der Waals surface area contributed by atoms with Crippen molar-refractivity contribution in [1.29, 1.82) is 0 Å². The highest BCUT2D eigenvalue weighted by molar-refractivity contribution is 9.10. The highest BCUT2D eigenvalue weighted by Gasteiger charge is 2.14. The Hall–Kier alpha value is -3.96. The van der Waals surface area contributed by atoms with Crippen LogP contribution in [-0.2, 0) is 4.79 Å². The number of ether oxygens (including phenoxy) is 2. The minimum atomic E-state index is -0.551. The lowest BCUT2D eigenvalue weighted by atomic mass is 10.2. The largest absolute Gasteiger partial charge is 0.493 e. The van der Waals surface area contributed by atoms with Gasteiger partial charge in [0, 0.05) is 28.4 Å². The number of amides is 2. The molecule has 10 nitrogen and oxygen atoms in total. The Kier molecular flexibility index (Phi) is 8.76. The van der Waals surface area contributed by atoms with Gasteiger partial charge >= 0.3 is 0 Å². The van der Waals surface area contributed by atoms with Crippen molar-refractivity contribution in [3.63, 3.8) is 0 Å². The molecule has 3 rings (SSSR count). The fourth-order valence-electron chi connectivity index (χ4n) is 2.79. The minimum absolute atomic E-state index is 0.119. The van der Waals surface area contributed by atoms with E-state index in [1.807, 2.05) is 0 Å². The molecule has 0 saturated heterocycles. The first-order chi connectivity index (χ1) is 16.8. The lowest BCUT2D eigenvalue weighted by molar-refractivity contribution is -0.384. The van der Waals surface area contributed by atoms with Gasteiger partial charge < -0.3 is 14.8 Å². The first-order valence-electron chi connectivity index (χ1n) is 9.90. The third-order valence-electron chi connectivity index (χ3n) is 4.45. The molecular formula is C23H18BrClN4O6. The number of halogens is 2. The van der Waals surface area contributed by atoms with Gasteiger partial charge in [0.15, 0.2) is 18.1 Å². The maximum atomic E-state index is 12.2. The number of nitro benzene ring substituents is 1. The molecule has 0 aliphatic rings. The van der Waals surface area contributed by atoms with Crippen LogP contribution in [0.4, 0.5) is 11.4 Å². The number of hydrazone groups is 1. The number of anilines is 1. The van der Waals surface area contributed by atoms with Crippen LogP contribution in [0, 0.1) is 10.1 Å². The van der Waals surface area contributed by atoms with Crippen LogP contribution in [0.25, 0.3) is 0 Å². The molecule has 2 amide bonds. The minimum Gasteiger partial charge on any atom is -0.493 e. The molecule has 0 aliphatic heterocycles. The second-order valence-electron chi connectivity index (χ2n) is 6.88. The molecule has 0 aliphatic carbocycles. The molecule has 35 heavy (non-hydrogen) atoms. The molecule has 0 spiro atoms. The van der Waals surface area contributed by atoms with Gasteiger partial charge in [-0.05, 0) is 70.0 Å². The number of rotatable bonds is 9. The third kappa shape index (κ3) is 7.26. The first kappa shape index (κ1) is 25.7. The molecule has 3 aromatic rings. The van der Waals surface area contributed by atoms with Crippen molar-refractivity contribution >= 4 is 56.9 Å². The van der Waals surface area contributed by atoms with Gasteiger partial charge in [0.05, 0.1) is 22.7 Å². The number of hydrogen-bond acceptors (Lipinski definition) is 7. The van der Waals surface area contributed by atoms with Crippen molar-refractivity contribution in [2.24, 2.45) is 5.10 Å². The predicted octanol–water partition coefficient (Wildman–Crippen LogP) is 4.80. The highest BCUT2D eigenvalue weighted by Crippen LogP contribution is 2.36. The monoisotopic (exact) mass is 560 g/mol. The summed E-state index contributed by atoms with van der Waals surface area (Å²) in [6.45, 7) is -0.268. The average Bonchev–Trinajstić information content (AvgIpc) is 2.84. The zero-order valence-corrected chi connectivity index (χ0v) is 20.5. The number of hydrogen-bond donors (Lipinski definition) is 2. The molecule has 0 unspecified atom stereocenters. The number of nitrogens with one attached hydrogen (secondary N) is 2. The van der Waals surface area contributed by atoms with Crippen LogP contribution < -0.4 is 20.2 Å². The third-order valence-corrected chi connectivity index (χ3v) is 5.29. The molecule has 0 radical (unpaired) electrons. The second kappa shape index (κ2) is 12.0. The second-order valence-corrected chi connectivity index (χ2v) is 8.17. The average molecular weight is 562 g/mol. The van der Waals surface area contributed by atoms with E-state index in [9.17, 15) is 19.7 Å². The molecule has 12 heteroatoms. The van der Waals surface area contributed by atoms with Gasteiger partial charge in [-0.3, -0.25) is 19.7 Å². The highest BCUT2D eigenvalue weighted by atomic mass is 79.9. The van der Waals surface area contributed by atoms with Crippen molar-refractivity contribution in [2.75, 3.05) is 19.0 Å². The van der Waals surface area contributed by atoms with Crippen molar-refractivity contribution in [3.8, 4) is 11.5 Å². The summed E-state index contributed by atoms with van der Waals surface area (Å²) in [6.07, 6.45) is 1.38. The predicted molar refractivity (Wildman–Crippen MR) is 134 cm³/mol. The van der Waals surface area contributed by atoms with Crippen molar-refractivity contribution in [1.82, 2.24) is 5.43 Å². The zero-order valence-electron chi connectivity index (χ0n) is 18.2. The number of methoxy groups -OCH3 is 1. The van der Waals surface area contributed by atoms with E-state index in [1.54, 1.807) is 36.4 Å². The number of non-ortho nitro benzene ring substituents is 1. The SMILES string of the molecule is COc1cc(/C=N/NC(=O)c2ccc([N+](=O)[O-])cc2)cc(Br)c1OCC(=O)Nc1ccc(Cl)cc1. The van der Waals surface area contributed by atoms with Gasteiger partial charge in [-0.25, -0.2) is 5.43 Å². The zero-order chi connectivity index (χ0) is 25.4. The summed E-state index contributed by atoms with van der Waals surface area (Å²) in [5.74, 6) is -0.262. The van der Waals surface area contributed by atoms with Gasteiger partial charge in [-0.2, -0.15) is 5.10 Å². The van der Waals surface area contributed by atoms with Crippen LogP contribution in [0.5, 0.6) is 11.5 Å². The van der Waals surface area contributed by atoms with E-state index in [1.165, 1.54) is 37.6 Å². The number of nitro groups is 1. The van der Waals surface area contributed by atoms with E-state index in [0.29, 0.717) is 32.2 Å². The van der Waals surface area contributed by atoms with Crippen LogP contribution in [0.3, 0.4) is 0 Å². The van der Waals surface area contributed by atoms with E-state index in [-0.39, 0.29) is 23.8 Å². The summed E-state index contributed by atoms with van der Waals surface area (Å²) in [5, 5.41) is 17.9. The Bertz CT molecular complexity index is 1270. The Labute approximate surface area is 213 Å². The normalized spacial score (nSPS) is 10.6. The van der Waals surface area contributed by atoms with Crippen LogP contribution >= 0.6 is 27.5 Å². The number of carbonyl (C=O) groups excluding carboxylic acids is 2. The van der Waals surface area contributed by atoms with Gasteiger partial charge in [0.1, 0.15) is 0 Å². The Morgan fingerprint density at radius 2 is 1.83 bits per heavy atom. The van der Waals surface area contributed by atoms with E-state index in [0.717, 1.165) is 0 Å². The molecule has 3 aromatic carbocycles. The van der Waals surface area contributed by atoms with Gasteiger partial charge in [-0.1, -0.05) is 11.6 Å². The summed E-state index contributed by atoms with van der Waals surface area (Å²) in [7, 11) is 1.44. The molecular weight excluding hydrogens is 544 g/mol. The summed E-state index contributed by atoms with van der Waals surface area (Å²) in [5.41, 5.74) is 3.59. The smallest absolute Gasteiger partial charge is 0.271 e. The van der Waals surface area contributed by atoms with Gasteiger partial charge in [0.25, 0.3) is 17.5 Å². The van der Waals surface area contributed by atoms with Crippen LogP contribution in [0.1, 0.15) is 15.9 Å². The van der Waals surface area contributed by atoms with E-state index in [2.05, 4.69) is 31.8 Å². The number of benzene rings is 3.